The number of anilines is 1. The summed E-state index contributed by atoms with van der Waals surface area (Å²) in [5.74, 6) is 0.864. The van der Waals surface area contributed by atoms with Gasteiger partial charge in [-0.1, -0.05) is 20.8 Å². The first kappa shape index (κ1) is 23.1. The van der Waals surface area contributed by atoms with E-state index < -0.39 is 0 Å². The molecule has 31 heavy (non-hydrogen) atoms. The molecule has 0 bridgehead atoms. The summed E-state index contributed by atoms with van der Waals surface area (Å²) in [6.45, 7) is 8.83. The zero-order valence-corrected chi connectivity index (χ0v) is 19.9. The Morgan fingerprint density at radius 1 is 1.16 bits per heavy atom. The predicted octanol–water partition coefficient (Wildman–Crippen LogP) is 5.35. The summed E-state index contributed by atoms with van der Waals surface area (Å²) < 4.78 is 15.9. The van der Waals surface area contributed by atoms with Crippen molar-refractivity contribution in [3.63, 3.8) is 0 Å². The lowest BCUT2D eigenvalue weighted by Crippen LogP contribution is -2.26. The minimum Gasteiger partial charge on any atom is -0.493 e. The Hall–Kier alpha value is -2.54. The van der Waals surface area contributed by atoms with Gasteiger partial charge in [-0.3, -0.25) is 4.79 Å². The molecule has 1 N–H and O–H groups in total. The molecule has 7 heteroatoms. The third-order valence-corrected chi connectivity index (χ3v) is 7.01. The number of ether oxygens (including phenoxy) is 3. The molecule has 0 aliphatic heterocycles. The van der Waals surface area contributed by atoms with Crippen LogP contribution in [0, 0.1) is 11.3 Å². The molecule has 1 atom stereocenters. The predicted molar refractivity (Wildman–Crippen MR) is 123 cm³/mol. The molecule has 1 amide bonds. The summed E-state index contributed by atoms with van der Waals surface area (Å²) in [5.41, 5.74) is 2.13. The SMILES string of the molecule is CCOC(=O)c1c(NC(=O)c2ccc(OC)c(OC)c2)sc2c1CCC(C(C)(C)C)C2. The largest absolute Gasteiger partial charge is 0.493 e. The van der Waals surface area contributed by atoms with Crippen LogP contribution in [0.3, 0.4) is 0 Å². The number of fused-ring (bicyclic) bond motifs is 1. The number of hydrogen-bond donors (Lipinski definition) is 1. The van der Waals surface area contributed by atoms with Crippen molar-refractivity contribution < 1.29 is 23.8 Å². The normalized spacial score (nSPS) is 15.7. The summed E-state index contributed by atoms with van der Waals surface area (Å²) in [7, 11) is 3.07. The van der Waals surface area contributed by atoms with E-state index in [2.05, 4.69) is 26.1 Å². The average molecular weight is 446 g/mol. The maximum Gasteiger partial charge on any atom is 0.341 e. The molecule has 1 aliphatic rings. The molecule has 168 valence electrons. The number of carbonyl (C=O) groups is 2. The van der Waals surface area contributed by atoms with E-state index in [9.17, 15) is 9.59 Å². The average Bonchev–Trinajstić information content (AvgIpc) is 3.09. The summed E-state index contributed by atoms with van der Waals surface area (Å²) in [4.78, 5) is 26.9. The minimum absolute atomic E-state index is 0.189. The van der Waals surface area contributed by atoms with Crippen LogP contribution in [0.15, 0.2) is 18.2 Å². The van der Waals surface area contributed by atoms with Crippen LogP contribution >= 0.6 is 11.3 Å². The summed E-state index contributed by atoms with van der Waals surface area (Å²) in [6, 6.07) is 4.98. The van der Waals surface area contributed by atoms with Gasteiger partial charge in [0.2, 0.25) is 0 Å². The van der Waals surface area contributed by atoms with E-state index in [0.717, 1.165) is 29.7 Å². The number of esters is 1. The van der Waals surface area contributed by atoms with Gasteiger partial charge in [-0.2, -0.15) is 0 Å². The molecule has 0 spiro atoms. The number of methoxy groups -OCH3 is 2. The third-order valence-electron chi connectivity index (χ3n) is 5.84. The van der Waals surface area contributed by atoms with Gasteiger partial charge in [-0.25, -0.2) is 4.79 Å². The lowest BCUT2D eigenvalue weighted by molar-refractivity contribution is 0.0526. The van der Waals surface area contributed by atoms with Crippen LogP contribution in [0.1, 0.15) is 65.3 Å². The Balaban J connectivity index is 1.94. The van der Waals surface area contributed by atoms with Gasteiger partial charge in [0.25, 0.3) is 5.91 Å². The van der Waals surface area contributed by atoms with Gasteiger partial charge in [0.15, 0.2) is 11.5 Å². The number of benzene rings is 1. The second-order valence-corrected chi connectivity index (χ2v) is 9.86. The fourth-order valence-electron chi connectivity index (χ4n) is 3.99. The van der Waals surface area contributed by atoms with Crippen LogP contribution in [-0.2, 0) is 17.6 Å². The second kappa shape index (κ2) is 9.30. The van der Waals surface area contributed by atoms with Crippen molar-refractivity contribution >= 4 is 28.2 Å². The molecular weight excluding hydrogens is 414 g/mol. The Bertz CT molecular complexity index is 973. The second-order valence-electron chi connectivity index (χ2n) is 8.76. The third kappa shape index (κ3) is 4.87. The zero-order chi connectivity index (χ0) is 22.8. The first-order valence-corrected chi connectivity index (χ1v) is 11.4. The first-order valence-electron chi connectivity index (χ1n) is 10.5. The Kier molecular flexibility index (Phi) is 6.94. The Morgan fingerprint density at radius 2 is 1.87 bits per heavy atom. The standard InChI is InChI=1S/C24H31NO5S/c1-7-30-23(27)20-16-10-9-15(24(2,3)4)13-19(16)31-22(20)25-21(26)14-8-11-17(28-5)18(12-14)29-6/h8,11-12,15H,7,9-10,13H2,1-6H3,(H,25,26). The lowest BCUT2D eigenvalue weighted by atomic mass is 9.72. The van der Waals surface area contributed by atoms with E-state index in [1.54, 1.807) is 32.2 Å². The Morgan fingerprint density at radius 3 is 2.48 bits per heavy atom. The Labute approximate surface area is 187 Å². The van der Waals surface area contributed by atoms with Crippen LogP contribution < -0.4 is 14.8 Å². The molecule has 1 aromatic heterocycles. The van der Waals surface area contributed by atoms with Crippen molar-refractivity contribution in [3.05, 3.63) is 39.8 Å². The molecule has 0 saturated heterocycles. The smallest absolute Gasteiger partial charge is 0.341 e. The van der Waals surface area contributed by atoms with Crippen LogP contribution in [0.4, 0.5) is 5.00 Å². The number of carbonyl (C=O) groups excluding carboxylic acids is 2. The van der Waals surface area contributed by atoms with Gasteiger partial charge >= 0.3 is 5.97 Å². The highest BCUT2D eigenvalue weighted by Crippen LogP contribution is 2.44. The first-order chi connectivity index (χ1) is 14.7. The highest BCUT2D eigenvalue weighted by Gasteiger charge is 2.34. The van der Waals surface area contributed by atoms with Crippen LogP contribution in [0.2, 0.25) is 0 Å². The molecule has 0 radical (unpaired) electrons. The van der Waals surface area contributed by atoms with Crippen molar-refractivity contribution in [2.75, 3.05) is 26.1 Å². The van der Waals surface area contributed by atoms with Crippen molar-refractivity contribution in [3.8, 4) is 11.5 Å². The molecule has 1 unspecified atom stereocenters. The van der Waals surface area contributed by atoms with Gasteiger partial charge in [-0.15, -0.1) is 11.3 Å². The molecule has 0 saturated carbocycles. The van der Waals surface area contributed by atoms with Crippen LogP contribution in [0.5, 0.6) is 11.5 Å². The fourth-order valence-corrected chi connectivity index (χ4v) is 5.30. The van der Waals surface area contributed by atoms with Crippen molar-refractivity contribution in [1.82, 2.24) is 0 Å². The number of amides is 1. The van der Waals surface area contributed by atoms with E-state index >= 15 is 0 Å². The van der Waals surface area contributed by atoms with E-state index in [-0.39, 0.29) is 23.9 Å². The monoisotopic (exact) mass is 445 g/mol. The van der Waals surface area contributed by atoms with E-state index in [1.807, 2.05) is 0 Å². The molecule has 1 heterocycles. The fraction of sp³-hybridized carbons (Fsp3) is 0.500. The molecule has 0 fully saturated rings. The molecular formula is C24H31NO5S. The van der Waals surface area contributed by atoms with Gasteiger partial charge in [0.05, 0.1) is 26.4 Å². The maximum atomic E-state index is 13.0. The van der Waals surface area contributed by atoms with E-state index in [4.69, 9.17) is 14.2 Å². The number of nitrogens with one attached hydrogen (secondary N) is 1. The lowest BCUT2D eigenvalue weighted by Gasteiger charge is -2.33. The minimum atomic E-state index is -0.378. The molecule has 1 aliphatic carbocycles. The molecule has 6 nitrogen and oxygen atoms in total. The van der Waals surface area contributed by atoms with Gasteiger partial charge in [0, 0.05) is 10.4 Å². The highest BCUT2D eigenvalue weighted by atomic mass is 32.1. The highest BCUT2D eigenvalue weighted by molar-refractivity contribution is 7.17. The van der Waals surface area contributed by atoms with E-state index in [0.29, 0.717) is 33.5 Å². The van der Waals surface area contributed by atoms with Crippen LogP contribution in [0.25, 0.3) is 0 Å². The van der Waals surface area contributed by atoms with Gasteiger partial charge in [0.1, 0.15) is 5.00 Å². The van der Waals surface area contributed by atoms with E-state index in [1.165, 1.54) is 18.4 Å². The maximum absolute atomic E-state index is 13.0. The summed E-state index contributed by atoms with van der Waals surface area (Å²) >= 11 is 1.49. The number of rotatable bonds is 6. The molecule has 1 aromatic carbocycles. The zero-order valence-electron chi connectivity index (χ0n) is 19.1. The van der Waals surface area contributed by atoms with Crippen molar-refractivity contribution in [1.29, 1.82) is 0 Å². The van der Waals surface area contributed by atoms with Crippen molar-refractivity contribution in [2.24, 2.45) is 11.3 Å². The van der Waals surface area contributed by atoms with Gasteiger partial charge in [-0.05, 0) is 61.3 Å². The van der Waals surface area contributed by atoms with Gasteiger partial charge < -0.3 is 19.5 Å². The molecule has 2 aromatic rings. The van der Waals surface area contributed by atoms with Crippen LogP contribution in [-0.4, -0.2) is 32.7 Å². The summed E-state index contributed by atoms with van der Waals surface area (Å²) in [5, 5.41) is 3.50. The molecule has 3 rings (SSSR count). The van der Waals surface area contributed by atoms with Crippen molar-refractivity contribution in [2.45, 2.75) is 47.0 Å². The quantitative estimate of drug-likeness (QED) is 0.607. The number of hydrogen-bond acceptors (Lipinski definition) is 6. The summed E-state index contributed by atoms with van der Waals surface area (Å²) in [6.07, 6.45) is 2.74. The topological polar surface area (TPSA) is 73.9 Å². The number of thiophene rings is 1.